The minimum Gasteiger partial charge on any atom is -0.369 e. The second-order valence-electron chi connectivity index (χ2n) is 8.37. The van der Waals surface area contributed by atoms with Crippen LogP contribution < -0.4 is 5.32 Å². The number of carbonyl (C=O) groups is 1. The predicted octanol–water partition coefficient (Wildman–Crippen LogP) is 4.41. The van der Waals surface area contributed by atoms with Crippen LogP contribution in [-0.4, -0.2) is 65.4 Å². The SMILES string of the molecule is Cc1sc2ncnc(NCCCC(=O)N(C)C3CCN(C)CC3)c2c1-c1ccccc1. The number of amides is 1. The lowest BCUT2D eigenvalue weighted by Gasteiger charge is -2.35. The van der Waals surface area contributed by atoms with Gasteiger partial charge in [0, 0.05) is 36.5 Å². The Morgan fingerprint density at radius 1 is 1.23 bits per heavy atom. The van der Waals surface area contributed by atoms with Crippen molar-refractivity contribution in [3.05, 3.63) is 41.5 Å². The summed E-state index contributed by atoms with van der Waals surface area (Å²) in [5.74, 6) is 1.09. The van der Waals surface area contributed by atoms with Crippen molar-refractivity contribution in [2.75, 3.05) is 39.0 Å². The zero-order valence-electron chi connectivity index (χ0n) is 18.6. The third-order valence-electron chi connectivity index (χ3n) is 6.22. The van der Waals surface area contributed by atoms with Crippen LogP contribution in [-0.2, 0) is 4.79 Å². The van der Waals surface area contributed by atoms with Crippen molar-refractivity contribution < 1.29 is 4.79 Å². The number of piperidine rings is 1. The van der Waals surface area contributed by atoms with Gasteiger partial charge in [-0.15, -0.1) is 11.3 Å². The second kappa shape index (κ2) is 9.75. The van der Waals surface area contributed by atoms with E-state index < -0.39 is 0 Å². The van der Waals surface area contributed by atoms with E-state index in [2.05, 4.69) is 58.4 Å². The minimum atomic E-state index is 0.237. The molecule has 1 saturated heterocycles. The fraction of sp³-hybridized carbons (Fsp3) is 0.458. The third-order valence-corrected chi connectivity index (χ3v) is 7.23. The first-order valence-corrected chi connectivity index (χ1v) is 11.8. The molecule has 0 atom stereocenters. The summed E-state index contributed by atoms with van der Waals surface area (Å²) in [6.45, 7) is 4.98. The summed E-state index contributed by atoms with van der Waals surface area (Å²) in [5.41, 5.74) is 2.38. The average Bonchev–Trinajstić information content (AvgIpc) is 3.13. The van der Waals surface area contributed by atoms with Gasteiger partial charge in [-0.2, -0.15) is 0 Å². The van der Waals surface area contributed by atoms with Crippen molar-refractivity contribution in [2.24, 2.45) is 0 Å². The van der Waals surface area contributed by atoms with E-state index in [1.54, 1.807) is 17.7 Å². The summed E-state index contributed by atoms with van der Waals surface area (Å²) >= 11 is 1.70. The van der Waals surface area contributed by atoms with Crippen molar-refractivity contribution in [2.45, 2.75) is 38.6 Å². The van der Waals surface area contributed by atoms with E-state index in [1.807, 2.05) is 18.0 Å². The molecule has 0 spiro atoms. The van der Waals surface area contributed by atoms with E-state index in [0.29, 0.717) is 19.0 Å². The van der Waals surface area contributed by atoms with E-state index in [4.69, 9.17) is 0 Å². The molecule has 1 aliphatic heterocycles. The number of likely N-dealkylation sites (tertiary alicyclic amines) is 1. The Labute approximate surface area is 188 Å². The summed E-state index contributed by atoms with van der Waals surface area (Å²) in [4.78, 5) is 28.2. The Hall–Kier alpha value is -2.51. The van der Waals surface area contributed by atoms with Crippen molar-refractivity contribution >= 4 is 33.3 Å². The number of benzene rings is 1. The summed E-state index contributed by atoms with van der Waals surface area (Å²) in [6.07, 6.45) is 5.09. The number of aromatic nitrogens is 2. The van der Waals surface area contributed by atoms with Crippen molar-refractivity contribution in [1.29, 1.82) is 0 Å². The normalized spacial score (nSPS) is 15.3. The number of hydrogen-bond acceptors (Lipinski definition) is 6. The molecule has 1 aliphatic rings. The maximum atomic E-state index is 12.7. The van der Waals surface area contributed by atoms with Crippen LogP contribution in [0.25, 0.3) is 21.3 Å². The summed E-state index contributed by atoms with van der Waals surface area (Å²) in [6, 6.07) is 10.8. The Morgan fingerprint density at radius 3 is 2.71 bits per heavy atom. The number of thiophene rings is 1. The standard InChI is InChI=1S/C24H31N5OS/c1-17-21(18-8-5-4-6-9-18)22-23(26-16-27-24(22)31-17)25-13-7-10-20(30)29(3)19-11-14-28(2)15-12-19/h4-6,8-9,16,19H,7,10-15H2,1-3H3,(H,25,26,27). The van der Waals surface area contributed by atoms with Gasteiger partial charge in [-0.1, -0.05) is 30.3 Å². The quantitative estimate of drug-likeness (QED) is 0.555. The molecular formula is C24H31N5OS. The molecule has 1 N–H and O–H groups in total. The zero-order chi connectivity index (χ0) is 21.8. The molecule has 0 radical (unpaired) electrons. The summed E-state index contributed by atoms with van der Waals surface area (Å²) < 4.78 is 0. The van der Waals surface area contributed by atoms with Crippen molar-refractivity contribution in [3.8, 4) is 11.1 Å². The molecular weight excluding hydrogens is 406 g/mol. The van der Waals surface area contributed by atoms with Crippen molar-refractivity contribution in [3.63, 3.8) is 0 Å². The number of hydrogen-bond donors (Lipinski definition) is 1. The van der Waals surface area contributed by atoms with Gasteiger partial charge in [0.05, 0.1) is 5.39 Å². The third kappa shape index (κ3) is 4.88. The number of anilines is 1. The van der Waals surface area contributed by atoms with Crippen LogP contribution in [0.15, 0.2) is 36.7 Å². The van der Waals surface area contributed by atoms with Gasteiger partial charge < -0.3 is 15.1 Å². The molecule has 0 bridgehead atoms. The monoisotopic (exact) mass is 437 g/mol. The summed E-state index contributed by atoms with van der Waals surface area (Å²) in [5, 5.41) is 4.54. The second-order valence-corrected chi connectivity index (χ2v) is 9.57. The van der Waals surface area contributed by atoms with E-state index in [0.717, 1.165) is 48.4 Å². The van der Waals surface area contributed by atoms with Gasteiger partial charge in [0.15, 0.2) is 0 Å². The topological polar surface area (TPSA) is 61.4 Å². The number of fused-ring (bicyclic) bond motifs is 1. The highest BCUT2D eigenvalue weighted by atomic mass is 32.1. The largest absolute Gasteiger partial charge is 0.369 e. The molecule has 3 aromatic rings. The lowest BCUT2D eigenvalue weighted by Crippen LogP contribution is -2.44. The fourth-order valence-electron chi connectivity index (χ4n) is 4.34. The van der Waals surface area contributed by atoms with E-state index in [1.165, 1.54) is 16.0 Å². The van der Waals surface area contributed by atoms with Crippen molar-refractivity contribution in [1.82, 2.24) is 19.8 Å². The highest BCUT2D eigenvalue weighted by Crippen LogP contribution is 2.40. The first kappa shape index (κ1) is 21.7. The van der Waals surface area contributed by atoms with Gasteiger partial charge >= 0.3 is 0 Å². The average molecular weight is 438 g/mol. The van der Waals surface area contributed by atoms with Crippen LogP contribution in [0.4, 0.5) is 5.82 Å². The van der Waals surface area contributed by atoms with Crippen LogP contribution in [0.5, 0.6) is 0 Å². The molecule has 7 heteroatoms. The fourth-order valence-corrected chi connectivity index (χ4v) is 5.35. The first-order chi connectivity index (χ1) is 15.0. The smallest absolute Gasteiger partial charge is 0.222 e. The van der Waals surface area contributed by atoms with Gasteiger partial charge in [0.1, 0.15) is 17.0 Å². The maximum absolute atomic E-state index is 12.7. The highest BCUT2D eigenvalue weighted by molar-refractivity contribution is 7.19. The molecule has 6 nitrogen and oxygen atoms in total. The number of carbonyl (C=O) groups excluding carboxylic acids is 1. The van der Waals surface area contributed by atoms with Gasteiger partial charge in [0.2, 0.25) is 5.91 Å². The number of aryl methyl sites for hydroxylation is 1. The van der Waals surface area contributed by atoms with E-state index in [9.17, 15) is 4.79 Å². The molecule has 1 fully saturated rings. The molecule has 0 aliphatic carbocycles. The van der Waals surface area contributed by atoms with Crippen LogP contribution >= 0.6 is 11.3 Å². The number of rotatable bonds is 7. The first-order valence-electron chi connectivity index (χ1n) is 11.0. The molecule has 31 heavy (non-hydrogen) atoms. The number of nitrogens with zero attached hydrogens (tertiary/aromatic N) is 4. The molecule has 0 saturated carbocycles. The highest BCUT2D eigenvalue weighted by Gasteiger charge is 2.23. The molecule has 4 rings (SSSR count). The molecule has 1 amide bonds. The van der Waals surface area contributed by atoms with Gasteiger partial charge in [-0.25, -0.2) is 9.97 Å². The van der Waals surface area contributed by atoms with Crippen LogP contribution in [0, 0.1) is 6.92 Å². The lowest BCUT2D eigenvalue weighted by atomic mass is 10.0. The molecule has 0 unspecified atom stereocenters. The van der Waals surface area contributed by atoms with E-state index in [-0.39, 0.29) is 5.91 Å². The Bertz CT molecular complexity index is 1030. The van der Waals surface area contributed by atoms with Crippen LogP contribution in [0.2, 0.25) is 0 Å². The lowest BCUT2D eigenvalue weighted by molar-refractivity contribution is -0.132. The van der Waals surface area contributed by atoms with Gasteiger partial charge in [-0.3, -0.25) is 4.79 Å². The molecule has 2 aromatic heterocycles. The summed E-state index contributed by atoms with van der Waals surface area (Å²) in [7, 11) is 4.10. The Kier molecular flexibility index (Phi) is 6.83. The Morgan fingerprint density at radius 2 is 1.97 bits per heavy atom. The Balaban J connectivity index is 1.39. The van der Waals surface area contributed by atoms with E-state index >= 15 is 0 Å². The molecule has 1 aromatic carbocycles. The zero-order valence-corrected chi connectivity index (χ0v) is 19.4. The minimum absolute atomic E-state index is 0.237. The molecule has 164 valence electrons. The number of nitrogens with one attached hydrogen (secondary N) is 1. The maximum Gasteiger partial charge on any atom is 0.222 e. The van der Waals surface area contributed by atoms with Gasteiger partial charge in [-0.05, 0) is 51.9 Å². The van der Waals surface area contributed by atoms with Crippen LogP contribution in [0.3, 0.4) is 0 Å². The molecule has 3 heterocycles. The van der Waals surface area contributed by atoms with Crippen LogP contribution in [0.1, 0.15) is 30.6 Å². The van der Waals surface area contributed by atoms with Gasteiger partial charge in [0.25, 0.3) is 0 Å². The predicted molar refractivity (Wildman–Crippen MR) is 129 cm³/mol.